The first kappa shape index (κ1) is 17.6. The van der Waals surface area contributed by atoms with E-state index in [2.05, 4.69) is 15.3 Å². The summed E-state index contributed by atoms with van der Waals surface area (Å²) in [5.74, 6) is -0.249. The predicted molar refractivity (Wildman–Crippen MR) is 80.0 cm³/mol. The van der Waals surface area contributed by atoms with Crippen molar-refractivity contribution in [3.05, 3.63) is 36.2 Å². The summed E-state index contributed by atoms with van der Waals surface area (Å²) < 4.78 is 0. The Morgan fingerprint density at radius 3 is 2.58 bits per heavy atom. The molecule has 0 saturated heterocycles. The topological polar surface area (TPSA) is 80.9 Å². The molecule has 2 rings (SSSR count). The first-order chi connectivity index (χ1) is 8.20. The van der Waals surface area contributed by atoms with Gasteiger partial charge in [0.2, 0.25) is 0 Å². The van der Waals surface area contributed by atoms with Gasteiger partial charge in [-0.3, -0.25) is 9.78 Å². The maximum atomic E-state index is 11.8. The van der Waals surface area contributed by atoms with Crippen LogP contribution in [0.15, 0.2) is 30.5 Å². The molecule has 1 heterocycles. The number of nitrogens with zero attached hydrogens (tertiary/aromatic N) is 2. The molecule has 0 aliphatic heterocycles. The van der Waals surface area contributed by atoms with Gasteiger partial charge in [0.25, 0.3) is 5.91 Å². The highest BCUT2D eigenvalue weighted by molar-refractivity contribution is 5.93. The Hall–Kier alpha value is -1.43. The highest BCUT2D eigenvalue weighted by Crippen LogP contribution is 2.08. The van der Waals surface area contributed by atoms with Crippen molar-refractivity contribution in [3.8, 4) is 0 Å². The van der Waals surface area contributed by atoms with Crippen LogP contribution in [0.2, 0.25) is 0 Å². The summed E-state index contributed by atoms with van der Waals surface area (Å²) >= 11 is 0. The zero-order valence-electron chi connectivity index (χ0n) is 10.4. The van der Waals surface area contributed by atoms with Crippen molar-refractivity contribution >= 4 is 41.8 Å². The first-order valence-electron chi connectivity index (χ1n) is 5.43. The van der Waals surface area contributed by atoms with E-state index in [1.807, 2.05) is 31.2 Å². The summed E-state index contributed by atoms with van der Waals surface area (Å²) in [6.07, 6.45) is 1.47. The van der Waals surface area contributed by atoms with Crippen LogP contribution in [0.1, 0.15) is 17.4 Å². The van der Waals surface area contributed by atoms with Crippen LogP contribution in [0.3, 0.4) is 0 Å². The van der Waals surface area contributed by atoms with E-state index in [0.717, 1.165) is 5.52 Å². The molecule has 1 amide bonds. The average Bonchev–Trinajstić information content (AvgIpc) is 2.38. The number of nitrogens with one attached hydrogen (secondary N) is 1. The van der Waals surface area contributed by atoms with Crippen molar-refractivity contribution < 1.29 is 4.79 Å². The summed E-state index contributed by atoms with van der Waals surface area (Å²) in [4.78, 5) is 20.2. The van der Waals surface area contributed by atoms with E-state index in [4.69, 9.17) is 5.73 Å². The van der Waals surface area contributed by atoms with E-state index in [0.29, 0.717) is 17.8 Å². The fourth-order valence-electron chi connectivity index (χ4n) is 1.42. The number of hydrogen-bond donors (Lipinski definition) is 2. The van der Waals surface area contributed by atoms with E-state index in [1.54, 1.807) is 0 Å². The molecule has 2 aromatic rings. The second-order valence-electron chi connectivity index (χ2n) is 3.85. The van der Waals surface area contributed by atoms with Crippen molar-refractivity contribution in [2.75, 3.05) is 6.54 Å². The number of amides is 1. The standard InChI is InChI=1S/C12H14N4O.2ClH/c1-8(6-13)15-12(17)11-7-14-9-4-2-3-5-10(9)16-11;;/h2-5,7-8H,6,13H2,1H3,(H,15,17);2*1H/t8-;;/m1../s1. The van der Waals surface area contributed by atoms with Gasteiger partial charge in [-0.15, -0.1) is 24.8 Å². The molecule has 1 atom stereocenters. The number of carbonyl (C=O) groups excluding carboxylic acids is 1. The van der Waals surface area contributed by atoms with E-state index >= 15 is 0 Å². The number of carbonyl (C=O) groups is 1. The van der Waals surface area contributed by atoms with Crippen molar-refractivity contribution in [3.63, 3.8) is 0 Å². The lowest BCUT2D eigenvalue weighted by Gasteiger charge is -2.10. The fraction of sp³-hybridized carbons (Fsp3) is 0.250. The van der Waals surface area contributed by atoms with E-state index in [-0.39, 0.29) is 36.8 Å². The molecule has 0 aliphatic carbocycles. The van der Waals surface area contributed by atoms with Crippen molar-refractivity contribution in [2.45, 2.75) is 13.0 Å². The summed E-state index contributed by atoms with van der Waals surface area (Å²) in [6, 6.07) is 7.35. The Kier molecular flexibility index (Phi) is 7.29. The van der Waals surface area contributed by atoms with E-state index < -0.39 is 0 Å². The second kappa shape index (κ2) is 7.89. The minimum atomic E-state index is -0.249. The number of nitrogens with two attached hydrogens (primary N) is 1. The number of aromatic nitrogens is 2. The lowest BCUT2D eigenvalue weighted by atomic mass is 10.3. The minimum absolute atomic E-state index is 0. The maximum Gasteiger partial charge on any atom is 0.271 e. The fourth-order valence-corrected chi connectivity index (χ4v) is 1.42. The summed E-state index contributed by atoms with van der Waals surface area (Å²) in [6.45, 7) is 2.24. The van der Waals surface area contributed by atoms with Crippen molar-refractivity contribution in [2.24, 2.45) is 5.73 Å². The summed E-state index contributed by atoms with van der Waals surface area (Å²) in [7, 11) is 0. The smallest absolute Gasteiger partial charge is 0.271 e. The zero-order valence-corrected chi connectivity index (χ0v) is 12.0. The monoisotopic (exact) mass is 302 g/mol. The minimum Gasteiger partial charge on any atom is -0.347 e. The molecule has 7 heteroatoms. The molecule has 0 saturated carbocycles. The number of rotatable bonds is 3. The Morgan fingerprint density at radius 2 is 1.95 bits per heavy atom. The Morgan fingerprint density at radius 1 is 1.32 bits per heavy atom. The average molecular weight is 303 g/mol. The third kappa shape index (κ3) is 4.31. The molecule has 0 bridgehead atoms. The Labute approximate surface area is 123 Å². The predicted octanol–water partition coefficient (Wildman–Crippen LogP) is 1.55. The van der Waals surface area contributed by atoms with Gasteiger partial charge >= 0.3 is 0 Å². The van der Waals surface area contributed by atoms with Gasteiger partial charge in [-0.1, -0.05) is 12.1 Å². The molecule has 3 N–H and O–H groups in total. The number of hydrogen-bond acceptors (Lipinski definition) is 4. The highest BCUT2D eigenvalue weighted by Gasteiger charge is 2.10. The van der Waals surface area contributed by atoms with Crippen LogP contribution in [0, 0.1) is 0 Å². The Bertz CT molecular complexity index is 550. The van der Waals surface area contributed by atoms with Crippen LogP contribution < -0.4 is 11.1 Å². The quantitative estimate of drug-likeness (QED) is 0.901. The lowest BCUT2D eigenvalue weighted by molar-refractivity contribution is 0.0936. The van der Waals surface area contributed by atoms with Gasteiger partial charge < -0.3 is 11.1 Å². The van der Waals surface area contributed by atoms with Gasteiger partial charge in [-0.2, -0.15) is 0 Å². The SMILES string of the molecule is C[C@H](CN)NC(=O)c1cnc2ccccc2n1.Cl.Cl. The van der Waals surface area contributed by atoms with Gasteiger partial charge in [-0.25, -0.2) is 4.98 Å². The number of halogens is 2. The first-order valence-corrected chi connectivity index (χ1v) is 5.43. The van der Waals surface area contributed by atoms with Gasteiger partial charge in [0, 0.05) is 12.6 Å². The maximum absolute atomic E-state index is 11.8. The van der Waals surface area contributed by atoms with Crippen molar-refractivity contribution in [1.29, 1.82) is 0 Å². The van der Waals surface area contributed by atoms with Crippen LogP contribution in [0.5, 0.6) is 0 Å². The summed E-state index contributed by atoms with van der Waals surface area (Å²) in [5.41, 5.74) is 7.23. The van der Waals surface area contributed by atoms with Gasteiger partial charge in [0.05, 0.1) is 17.2 Å². The molecule has 5 nitrogen and oxygen atoms in total. The molecule has 0 unspecified atom stereocenters. The van der Waals surface area contributed by atoms with Crippen LogP contribution >= 0.6 is 24.8 Å². The molecule has 0 spiro atoms. The molecule has 19 heavy (non-hydrogen) atoms. The molecule has 0 aliphatic rings. The van der Waals surface area contributed by atoms with Crippen molar-refractivity contribution in [1.82, 2.24) is 15.3 Å². The second-order valence-corrected chi connectivity index (χ2v) is 3.85. The Balaban J connectivity index is 0.00000162. The van der Waals surface area contributed by atoms with Gasteiger partial charge in [-0.05, 0) is 19.1 Å². The zero-order chi connectivity index (χ0) is 12.3. The molecule has 104 valence electrons. The van der Waals surface area contributed by atoms with E-state index in [1.165, 1.54) is 6.20 Å². The highest BCUT2D eigenvalue weighted by atomic mass is 35.5. The number of benzene rings is 1. The molecule has 1 aromatic heterocycles. The van der Waals surface area contributed by atoms with Crippen LogP contribution in [0.4, 0.5) is 0 Å². The number of para-hydroxylation sites is 2. The molecular formula is C12H16Cl2N4O. The largest absolute Gasteiger partial charge is 0.347 e. The van der Waals surface area contributed by atoms with Crippen LogP contribution in [-0.4, -0.2) is 28.5 Å². The van der Waals surface area contributed by atoms with Crippen LogP contribution in [-0.2, 0) is 0 Å². The van der Waals surface area contributed by atoms with E-state index in [9.17, 15) is 4.79 Å². The molecule has 1 aromatic carbocycles. The van der Waals surface area contributed by atoms with Gasteiger partial charge in [0.1, 0.15) is 5.69 Å². The molecular weight excluding hydrogens is 287 g/mol. The molecule has 0 fully saturated rings. The summed E-state index contributed by atoms with van der Waals surface area (Å²) in [5, 5.41) is 2.74. The lowest BCUT2D eigenvalue weighted by Crippen LogP contribution is -2.38. The normalized spacial score (nSPS) is 11.1. The van der Waals surface area contributed by atoms with Crippen LogP contribution in [0.25, 0.3) is 11.0 Å². The van der Waals surface area contributed by atoms with Gasteiger partial charge in [0.15, 0.2) is 0 Å². The number of fused-ring (bicyclic) bond motifs is 1. The third-order valence-corrected chi connectivity index (χ3v) is 2.41. The molecule has 0 radical (unpaired) electrons. The third-order valence-electron chi connectivity index (χ3n) is 2.41.